The van der Waals surface area contributed by atoms with Crippen LogP contribution in [0.4, 0.5) is 14.5 Å². The summed E-state index contributed by atoms with van der Waals surface area (Å²) in [5, 5.41) is 17.8. The smallest absolute Gasteiger partial charge is 0.261 e. The lowest BCUT2D eigenvalue weighted by atomic mass is 10.2. The summed E-state index contributed by atoms with van der Waals surface area (Å²) in [6.45, 7) is 0.913. The van der Waals surface area contributed by atoms with E-state index in [1.807, 2.05) is 0 Å². The number of nitrogens with two attached hydrogens (primary N) is 1. The van der Waals surface area contributed by atoms with E-state index >= 15 is 8.78 Å². The second-order valence-corrected chi connectivity index (χ2v) is 8.33. The van der Waals surface area contributed by atoms with Crippen LogP contribution < -0.4 is 20.1 Å². The number of hydrogen-bond donors (Lipinski definition) is 3. The highest BCUT2D eigenvalue weighted by Crippen LogP contribution is 2.40. The fraction of sp³-hybridized carbons (Fsp3) is 0.240. The van der Waals surface area contributed by atoms with Gasteiger partial charge in [0.1, 0.15) is 17.3 Å². The highest BCUT2D eigenvalue weighted by Gasteiger charge is 2.29. The number of halogens is 2. The molecule has 1 fully saturated rings. The van der Waals surface area contributed by atoms with Crippen LogP contribution in [0.5, 0.6) is 29.0 Å². The molecule has 4 N–H and O–H groups in total. The molecule has 1 aliphatic heterocycles. The number of aromatic nitrogens is 1. The Morgan fingerprint density at radius 2 is 1.76 bits per heavy atom. The zero-order chi connectivity index (χ0) is 26.7. The number of anilines is 1. The topological polar surface area (TPSA) is 134 Å². The van der Waals surface area contributed by atoms with E-state index in [9.17, 15) is 9.90 Å². The molecule has 37 heavy (non-hydrogen) atoms. The van der Waals surface area contributed by atoms with Gasteiger partial charge in [-0.1, -0.05) is 6.07 Å². The molecule has 3 aromatic rings. The molecule has 10 nitrogen and oxygen atoms in total. The summed E-state index contributed by atoms with van der Waals surface area (Å²) < 4.78 is 47.7. The van der Waals surface area contributed by atoms with E-state index in [2.05, 4.69) is 4.98 Å². The minimum absolute atomic E-state index is 0.0889. The maximum atomic E-state index is 15.6. The number of rotatable bonds is 7. The van der Waals surface area contributed by atoms with Gasteiger partial charge in [0.2, 0.25) is 11.6 Å². The zero-order valence-electron chi connectivity index (χ0n) is 20.1. The van der Waals surface area contributed by atoms with E-state index in [4.69, 9.17) is 25.4 Å². The van der Waals surface area contributed by atoms with Crippen LogP contribution in [0.25, 0.3) is 0 Å². The Hall–Kier alpha value is -4.45. The number of morpholine rings is 1. The van der Waals surface area contributed by atoms with Gasteiger partial charge < -0.3 is 34.9 Å². The molecule has 2 heterocycles. The van der Waals surface area contributed by atoms with Crippen molar-refractivity contribution in [3.8, 4) is 29.0 Å². The number of hydrogen-bond acceptors (Lipinski definition) is 8. The Morgan fingerprint density at radius 3 is 2.41 bits per heavy atom. The number of carbonyl (C=O) groups is 1. The minimum atomic E-state index is -1.11. The van der Waals surface area contributed by atoms with Crippen molar-refractivity contribution in [3.05, 3.63) is 65.2 Å². The molecule has 1 aromatic heterocycles. The third-order valence-electron chi connectivity index (χ3n) is 5.50. The van der Waals surface area contributed by atoms with Gasteiger partial charge in [0.15, 0.2) is 11.5 Å². The first-order valence-corrected chi connectivity index (χ1v) is 11.2. The number of nitrogens with zero attached hydrogens (tertiary/aromatic N) is 3. The molecule has 2 aromatic carbocycles. The molecule has 0 radical (unpaired) electrons. The molecule has 4 rings (SSSR count). The molecule has 12 heteroatoms. The lowest BCUT2D eigenvalue weighted by Gasteiger charge is -2.30. The van der Waals surface area contributed by atoms with E-state index in [-0.39, 0.29) is 60.9 Å². The maximum Gasteiger partial charge on any atom is 0.261 e. The minimum Gasteiger partial charge on any atom is -0.504 e. The predicted octanol–water partition coefficient (Wildman–Crippen LogP) is 3.47. The van der Waals surface area contributed by atoms with Crippen LogP contribution in [-0.4, -0.2) is 67.1 Å². The van der Waals surface area contributed by atoms with Gasteiger partial charge in [0.25, 0.3) is 17.7 Å². The molecule has 1 aliphatic rings. The summed E-state index contributed by atoms with van der Waals surface area (Å²) in [5.74, 6) is -4.59. The second-order valence-electron chi connectivity index (χ2n) is 8.33. The van der Waals surface area contributed by atoms with Crippen molar-refractivity contribution in [3.63, 3.8) is 0 Å². The van der Waals surface area contributed by atoms with Gasteiger partial charge in [-0.05, 0) is 36.4 Å². The molecule has 1 saturated heterocycles. The Labute approximate surface area is 211 Å². The lowest BCUT2D eigenvalue weighted by molar-refractivity contribution is 0.0827. The summed E-state index contributed by atoms with van der Waals surface area (Å²) >= 11 is 0. The van der Waals surface area contributed by atoms with E-state index in [1.165, 1.54) is 40.1 Å². The van der Waals surface area contributed by atoms with Gasteiger partial charge in [-0.25, -0.2) is 0 Å². The van der Waals surface area contributed by atoms with Crippen molar-refractivity contribution in [1.29, 1.82) is 5.41 Å². The van der Waals surface area contributed by atoms with Gasteiger partial charge in [-0.15, -0.1) is 0 Å². The average molecular weight is 514 g/mol. The molecular weight excluding hydrogens is 488 g/mol. The van der Waals surface area contributed by atoms with Gasteiger partial charge >= 0.3 is 0 Å². The molecule has 0 aliphatic carbocycles. The second kappa shape index (κ2) is 10.7. The quantitative estimate of drug-likeness (QED) is 0.323. The molecule has 1 amide bonds. The summed E-state index contributed by atoms with van der Waals surface area (Å²) in [5.41, 5.74) is 5.57. The molecular formula is C25H25F2N5O5. The third-order valence-corrected chi connectivity index (χ3v) is 5.50. The number of aromatic hydroxyl groups is 1. The van der Waals surface area contributed by atoms with Gasteiger partial charge in [-0.3, -0.25) is 10.2 Å². The van der Waals surface area contributed by atoms with Crippen LogP contribution in [0.1, 0.15) is 15.9 Å². The van der Waals surface area contributed by atoms with E-state index in [0.717, 1.165) is 0 Å². The van der Waals surface area contributed by atoms with Crippen molar-refractivity contribution in [1.82, 2.24) is 9.88 Å². The summed E-state index contributed by atoms with van der Waals surface area (Å²) in [7, 11) is 3.18. The average Bonchev–Trinajstić information content (AvgIpc) is 2.88. The largest absolute Gasteiger partial charge is 0.504 e. The summed E-state index contributed by atoms with van der Waals surface area (Å²) in [6, 6.07) is 9.86. The van der Waals surface area contributed by atoms with E-state index in [1.54, 1.807) is 26.2 Å². The number of phenols is 1. The van der Waals surface area contributed by atoms with Crippen LogP contribution in [0.15, 0.2) is 42.5 Å². The Morgan fingerprint density at radius 1 is 1.08 bits per heavy atom. The molecule has 0 saturated carbocycles. The van der Waals surface area contributed by atoms with Gasteiger partial charge in [-0.2, -0.15) is 13.8 Å². The molecule has 0 unspecified atom stereocenters. The van der Waals surface area contributed by atoms with Crippen LogP contribution >= 0.6 is 0 Å². The molecule has 0 bridgehead atoms. The summed E-state index contributed by atoms with van der Waals surface area (Å²) in [4.78, 5) is 19.0. The van der Waals surface area contributed by atoms with Crippen LogP contribution in [0.3, 0.4) is 0 Å². The summed E-state index contributed by atoms with van der Waals surface area (Å²) in [6.07, 6.45) is 0. The fourth-order valence-corrected chi connectivity index (χ4v) is 3.62. The highest BCUT2D eigenvalue weighted by molar-refractivity contribution is 5.95. The van der Waals surface area contributed by atoms with Crippen LogP contribution in [0.2, 0.25) is 0 Å². The molecule has 0 spiro atoms. The monoisotopic (exact) mass is 513 g/mol. The number of amidine groups is 1. The number of amides is 1. The van der Waals surface area contributed by atoms with Gasteiger partial charge in [0.05, 0.1) is 13.2 Å². The van der Waals surface area contributed by atoms with Crippen LogP contribution in [0, 0.1) is 17.0 Å². The number of nitrogens with one attached hydrogen (secondary N) is 1. The number of phenolic OH excluding ortho intramolecular Hbond substituents is 1. The van der Waals surface area contributed by atoms with Crippen LogP contribution in [-0.2, 0) is 4.74 Å². The molecule has 194 valence electrons. The maximum absolute atomic E-state index is 15.6. The van der Waals surface area contributed by atoms with E-state index < -0.39 is 29.1 Å². The van der Waals surface area contributed by atoms with Crippen molar-refractivity contribution in [2.45, 2.75) is 0 Å². The first-order chi connectivity index (χ1) is 17.7. The number of carbonyl (C=O) groups excluding carboxylic acids is 1. The van der Waals surface area contributed by atoms with Gasteiger partial charge in [0, 0.05) is 38.3 Å². The van der Waals surface area contributed by atoms with Crippen molar-refractivity contribution in [2.24, 2.45) is 5.73 Å². The Bertz CT molecular complexity index is 1350. The first kappa shape index (κ1) is 25.6. The van der Waals surface area contributed by atoms with Crippen molar-refractivity contribution < 1.29 is 32.9 Å². The Balaban J connectivity index is 1.79. The lowest BCUT2D eigenvalue weighted by Crippen LogP contribution is -2.37. The number of pyridine rings is 1. The zero-order valence-corrected chi connectivity index (χ0v) is 20.1. The third kappa shape index (κ3) is 5.54. The normalized spacial score (nSPS) is 13.2. The molecule has 0 atom stereocenters. The standard InChI is InChI=1S/C25H25F2N5O5/c1-31(2)25(34)15-4-3-5-16(12-15)36-23-19(26)21(32-8-10-35-11-9-32)20(27)24(30-23)37-18-13-14(22(28)29)6-7-17(18)33/h3-7,12-13,33H,8-11H2,1-2H3,(H3,28,29). The SMILES string of the molecule is CN(C)C(=O)c1cccc(Oc2nc(Oc3cc(C(=N)N)ccc3O)c(F)c(N3CCOCC3)c2F)c1. The number of ether oxygens (including phenoxy) is 3. The van der Waals surface area contributed by atoms with E-state index in [0.29, 0.717) is 5.56 Å². The van der Waals surface area contributed by atoms with Crippen molar-refractivity contribution in [2.75, 3.05) is 45.3 Å². The fourth-order valence-electron chi connectivity index (χ4n) is 3.62. The number of nitrogen functional groups attached to an aromatic ring is 1. The highest BCUT2D eigenvalue weighted by atomic mass is 19.1. The number of benzene rings is 2. The predicted molar refractivity (Wildman–Crippen MR) is 131 cm³/mol. The Kier molecular flexibility index (Phi) is 7.39. The first-order valence-electron chi connectivity index (χ1n) is 11.2. The van der Waals surface area contributed by atoms with Crippen molar-refractivity contribution >= 4 is 17.4 Å².